The molecule has 2 aromatic carbocycles. The molecule has 5 heteroatoms. The highest BCUT2D eigenvalue weighted by Crippen LogP contribution is 2.23. The summed E-state index contributed by atoms with van der Waals surface area (Å²) in [6.07, 6.45) is 1.68. The van der Waals surface area contributed by atoms with Crippen molar-refractivity contribution in [3.63, 3.8) is 0 Å². The predicted octanol–water partition coefficient (Wildman–Crippen LogP) is 4.63. The molecule has 2 atom stereocenters. The van der Waals surface area contributed by atoms with Crippen molar-refractivity contribution in [3.05, 3.63) is 70.4 Å². The summed E-state index contributed by atoms with van der Waals surface area (Å²) in [5.74, 6) is -0.0833. The van der Waals surface area contributed by atoms with Crippen LogP contribution in [0, 0.1) is 5.92 Å². The van der Waals surface area contributed by atoms with Gasteiger partial charge >= 0.3 is 0 Å². The number of nitrogens with zero attached hydrogens (tertiary/aromatic N) is 1. The third kappa shape index (κ3) is 3.94. The Bertz CT molecular complexity index is 983. The number of carbonyl (C=O) groups excluding carboxylic acids is 2. The molecule has 144 valence electrons. The second kappa shape index (κ2) is 8.15. The number of amides is 2. The Morgan fingerprint density at radius 2 is 1.93 bits per heavy atom. The molecule has 0 bridgehead atoms. The van der Waals surface area contributed by atoms with Crippen LogP contribution in [0.3, 0.4) is 0 Å². The van der Waals surface area contributed by atoms with Gasteiger partial charge in [-0.25, -0.2) is 0 Å². The average Bonchev–Trinajstić information content (AvgIpc) is 3.27. The molecule has 1 aliphatic heterocycles. The number of thiophene rings is 1. The third-order valence-corrected chi connectivity index (χ3v) is 6.30. The molecule has 0 spiro atoms. The molecule has 2 amide bonds. The lowest BCUT2D eigenvalue weighted by atomic mass is 9.96. The molecule has 1 aromatic heterocycles. The van der Waals surface area contributed by atoms with Crippen LogP contribution in [-0.4, -0.2) is 29.8 Å². The Morgan fingerprint density at radius 1 is 1.11 bits per heavy atom. The zero-order valence-electron chi connectivity index (χ0n) is 15.9. The first-order valence-corrected chi connectivity index (χ1v) is 10.6. The first-order valence-electron chi connectivity index (χ1n) is 9.73. The highest BCUT2D eigenvalue weighted by Gasteiger charge is 2.29. The Kier molecular flexibility index (Phi) is 5.44. The second-order valence-corrected chi connectivity index (χ2v) is 8.35. The Morgan fingerprint density at radius 3 is 2.71 bits per heavy atom. The van der Waals surface area contributed by atoms with Crippen LogP contribution in [0.25, 0.3) is 10.8 Å². The fraction of sp³-hybridized carbons (Fsp3) is 0.304. The lowest BCUT2D eigenvalue weighted by molar-refractivity contribution is -0.127. The van der Waals surface area contributed by atoms with Gasteiger partial charge in [0.25, 0.3) is 5.91 Å². The monoisotopic (exact) mass is 392 g/mol. The Balaban J connectivity index is 1.41. The summed E-state index contributed by atoms with van der Waals surface area (Å²) in [4.78, 5) is 28.0. The number of nitrogens with one attached hydrogen (secondary N) is 1. The van der Waals surface area contributed by atoms with E-state index in [1.54, 1.807) is 0 Å². The maximum atomic E-state index is 12.9. The molecular formula is C23H24N2O2S. The van der Waals surface area contributed by atoms with Crippen molar-refractivity contribution in [1.82, 2.24) is 10.2 Å². The minimum absolute atomic E-state index is 0.0318. The van der Waals surface area contributed by atoms with E-state index < -0.39 is 0 Å². The van der Waals surface area contributed by atoms with E-state index in [4.69, 9.17) is 0 Å². The van der Waals surface area contributed by atoms with Gasteiger partial charge in [-0.15, -0.1) is 11.3 Å². The number of piperidine rings is 1. The molecule has 1 fully saturated rings. The second-order valence-electron chi connectivity index (χ2n) is 7.40. The van der Waals surface area contributed by atoms with Crippen molar-refractivity contribution in [2.24, 2.45) is 5.92 Å². The lowest BCUT2D eigenvalue weighted by Gasteiger charge is -2.32. The summed E-state index contributed by atoms with van der Waals surface area (Å²) in [5, 5.41) is 7.43. The van der Waals surface area contributed by atoms with Gasteiger partial charge < -0.3 is 10.2 Å². The molecule has 2 unspecified atom stereocenters. The number of rotatable bonds is 4. The molecule has 1 saturated heterocycles. The van der Waals surface area contributed by atoms with Gasteiger partial charge in [0.15, 0.2) is 0 Å². The van der Waals surface area contributed by atoms with E-state index >= 15 is 0 Å². The van der Waals surface area contributed by atoms with Crippen molar-refractivity contribution < 1.29 is 9.59 Å². The molecule has 0 radical (unpaired) electrons. The summed E-state index contributed by atoms with van der Waals surface area (Å²) in [6.45, 7) is 3.23. The van der Waals surface area contributed by atoms with Crippen molar-refractivity contribution in [3.8, 4) is 0 Å². The summed E-state index contributed by atoms with van der Waals surface area (Å²) in [5.41, 5.74) is 1.09. The minimum atomic E-state index is -0.152. The van der Waals surface area contributed by atoms with Gasteiger partial charge in [-0.3, -0.25) is 9.59 Å². The number of hydrogen-bond donors (Lipinski definition) is 1. The first-order chi connectivity index (χ1) is 13.6. The molecule has 1 N–H and O–H groups in total. The largest absolute Gasteiger partial charge is 0.349 e. The maximum Gasteiger partial charge on any atom is 0.263 e. The van der Waals surface area contributed by atoms with Crippen LogP contribution in [0.15, 0.2) is 60.0 Å². The maximum absolute atomic E-state index is 12.9. The third-order valence-electron chi connectivity index (χ3n) is 5.44. The van der Waals surface area contributed by atoms with E-state index in [9.17, 15) is 9.59 Å². The molecule has 2 heterocycles. The summed E-state index contributed by atoms with van der Waals surface area (Å²) in [7, 11) is 0. The molecule has 1 aliphatic rings. The fourth-order valence-electron chi connectivity index (χ4n) is 3.82. The van der Waals surface area contributed by atoms with Gasteiger partial charge in [0.1, 0.15) is 0 Å². The van der Waals surface area contributed by atoms with Gasteiger partial charge in [0.05, 0.1) is 16.8 Å². The standard InChI is InChI=1S/C23H24N2O2S/c1-16(18-11-10-17-6-2-3-7-19(17)14-18)24-22(26)20-8-4-12-25(15-20)23(27)21-9-5-13-28-21/h2-3,5-7,9-11,13-14,16,20H,4,8,12,15H2,1H3,(H,24,26). The summed E-state index contributed by atoms with van der Waals surface area (Å²) in [6, 6.07) is 18.2. The number of fused-ring (bicyclic) bond motifs is 1. The molecular weight excluding hydrogens is 368 g/mol. The molecule has 0 aliphatic carbocycles. The van der Waals surface area contributed by atoms with Gasteiger partial charge in [-0.1, -0.05) is 42.5 Å². The van der Waals surface area contributed by atoms with Crippen LogP contribution in [-0.2, 0) is 4.79 Å². The summed E-state index contributed by atoms with van der Waals surface area (Å²) < 4.78 is 0. The quantitative estimate of drug-likeness (QED) is 0.704. The molecule has 3 aromatic rings. The lowest BCUT2D eigenvalue weighted by Crippen LogP contribution is -2.45. The van der Waals surface area contributed by atoms with Crippen LogP contribution < -0.4 is 5.32 Å². The van der Waals surface area contributed by atoms with Gasteiger partial charge in [-0.2, -0.15) is 0 Å². The van der Waals surface area contributed by atoms with Crippen LogP contribution in [0.5, 0.6) is 0 Å². The van der Waals surface area contributed by atoms with E-state index in [0.717, 1.165) is 29.8 Å². The van der Waals surface area contributed by atoms with Crippen LogP contribution in [0.4, 0.5) is 0 Å². The molecule has 0 saturated carbocycles. The highest BCUT2D eigenvalue weighted by atomic mass is 32.1. The highest BCUT2D eigenvalue weighted by molar-refractivity contribution is 7.12. The van der Waals surface area contributed by atoms with Crippen molar-refractivity contribution >= 4 is 33.9 Å². The molecule has 4 nitrogen and oxygen atoms in total. The van der Waals surface area contributed by atoms with E-state index in [2.05, 4.69) is 35.6 Å². The van der Waals surface area contributed by atoms with Crippen molar-refractivity contribution in [2.75, 3.05) is 13.1 Å². The van der Waals surface area contributed by atoms with Gasteiger partial charge in [0.2, 0.25) is 5.91 Å². The number of likely N-dealkylation sites (tertiary alicyclic amines) is 1. The molecule has 4 rings (SSSR count). The van der Waals surface area contributed by atoms with Crippen LogP contribution in [0.2, 0.25) is 0 Å². The zero-order valence-corrected chi connectivity index (χ0v) is 16.7. The van der Waals surface area contributed by atoms with Crippen LogP contribution >= 0.6 is 11.3 Å². The fourth-order valence-corrected chi connectivity index (χ4v) is 4.51. The normalized spacial score (nSPS) is 18.0. The SMILES string of the molecule is CC(NC(=O)C1CCCN(C(=O)c2cccs2)C1)c1ccc2ccccc2c1. The van der Waals surface area contributed by atoms with E-state index in [1.165, 1.54) is 22.1 Å². The first kappa shape index (κ1) is 18.7. The van der Waals surface area contributed by atoms with Gasteiger partial charge in [0, 0.05) is 13.1 Å². The van der Waals surface area contributed by atoms with Gasteiger partial charge in [-0.05, 0) is 53.6 Å². The topological polar surface area (TPSA) is 49.4 Å². The minimum Gasteiger partial charge on any atom is -0.349 e. The van der Waals surface area contributed by atoms with E-state index in [0.29, 0.717) is 6.54 Å². The zero-order chi connectivity index (χ0) is 19.5. The van der Waals surface area contributed by atoms with E-state index in [1.807, 2.05) is 41.5 Å². The number of carbonyl (C=O) groups is 2. The smallest absolute Gasteiger partial charge is 0.263 e. The van der Waals surface area contributed by atoms with E-state index in [-0.39, 0.29) is 23.8 Å². The van der Waals surface area contributed by atoms with Crippen molar-refractivity contribution in [1.29, 1.82) is 0 Å². The Labute approximate surface area is 169 Å². The number of hydrogen-bond acceptors (Lipinski definition) is 3. The van der Waals surface area contributed by atoms with Crippen molar-refractivity contribution in [2.45, 2.75) is 25.8 Å². The average molecular weight is 393 g/mol. The van der Waals surface area contributed by atoms with Crippen LogP contribution in [0.1, 0.15) is 41.0 Å². The number of benzene rings is 2. The molecule has 28 heavy (non-hydrogen) atoms. The Hall–Kier alpha value is -2.66. The predicted molar refractivity (Wildman–Crippen MR) is 113 cm³/mol. The summed E-state index contributed by atoms with van der Waals surface area (Å²) >= 11 is 1.45.